The van der Waals surface area contributed by atoms with Gasteiger partial charge >= 0.3 is 0 Å². The first kappa shape index (κ1) is 20.2. The van der Waals surface area contributed by atoms with Crippen molar-refractivity contribution in [2.24, 2.45) is 5.73 Å². The molecule has 1 aliphatic rings. The van der Waals surface area contributed by atoms with Gasteiger partial charge in [0.05, 0.1) is 38.0 Å². The van der Waals surface area contributed by atoms with Crippen LogP contribution in [0.3, 0.4) is 0 Å². The van der Waals surface area contributed by atoms with Crippen LogP contribution >= 0.6 is 0 Å². The van der Waals surface area contributed by atoms with Crippen molar-refractivity contribution in [3.63, 3.8) is 0 Å². The summed E-state index contributed by atoms with van der Waals surface area (Å²) in [5.41, 5.74) is 9.36. The van der Waals surface area contributed by atoms with Crippen LogP contribution < -0.4 is 24.7 Å². The highest BCUT2D eigenvalue weighted by atomic mass is 16.5. The van der Waals surface area contributed by atoms with Crippen molar-refractivity contribution in [3.05, 3.63) is 65.0 Å². The number of H-pyrrole nitrogens is 1. The van der Waals surface area contributed by atoms with Gasteiger partial charge in [0.2, 0.25) is 11.8 Å². The molecule has 0 radical (unpaired) electrons. The maximum atomic E-state index is 9.91. The number of nitrogens with one attached hydrogen (secondary N) is 1. The number of nitrogens with zero attached hydrogens (tertiary/aromatic N) is 2. The Balaban J connectivity index is 1.93. The smallest absolute Gasteiger partial charge is 0.244 e. The quantitative estimate of drug-likeness (QED) is 0.627. The zero-order valence-electron chi connectivity index (χ0n) is 17.4. The monoisotopic (exact) mass is 418 g/mol. The Kier molecular flexibility index (Phi) is 5.41. The number of ether oxygens (including phenoxy) is 4. The van der Waals surface area contributed by atoms with E-state index in [2.05, 4.69) is 16.3 Å². The van der Waals surface area contributed by atoms with Gasteiger partial charge < -0.3 is 24.7 Å². The molecule has 1 unspecified atom stereocenters. The predicted molar refractivity (Wildman–Crippen MR) is 114 cm³/mol. The number of nitrogens with two attached hydrogens (primary N) is 1. The van der Waals surface area contributed by atoms with E-state index in [9.17, 15) is 5.26 Å². The third kappa shape index (κ3) is 3.51. The lowest BCUT2D eigenvalue weighted by atomic mass is 9.82. The lowest BCUT2D eigenvalue weighted by Gasteiger charge is -2.25. The Morgan fingerprint density at radius 3 is 2.71 bits per heavy atom. The Hall–Kier alpha value is -4.12. The summed E-state index contributed by atoms with van der Waals surface area (Å²) in [7, 11) is 3.15. The molecule has 2 aromatic carbocycles. The Bertz CT molecular complexity index is 1190. The highest BCUT2D eigenvalue weighted by molar-refractivity contribution is 5.72. The van der Waals surface area contributed by atoms with E-state index >= 15 is 0 Å². The Morgan fingerprint density at radius 2 is 2.00 bits per heavy atom. The van der Waals surface area contributed by atoms with Crippen molar-refractivity contribution in [3.8, 4) is 40.5 Å². The minimum Gasteiger partial charge on any atom is -0.497 e. The molecule has 3 N–H and O–H groups in total. The predicted octanol–water partition coefficient (Wildman–Crippen LogP) is 3.71. The molecule has 0 bridgehead atoms. The first-order valence-corrected chi connectivity index (χ1v) is 9.72. The maximum absolute atomic E-state index is 9.91. The molecule has 0 amide bonds. The molecule has 1 aromatic heterocycles. The number of hydrogen-bond donors (Lipinski definition) is 2. The summed E-state index contributed by atoms with van der Waals surface area (Å²) in [4.78, 5) is 0. The first-order valence-electron chi connectivity index (χ1n) is 9.72. The summed E-state index contributed by atoms with van der Waals surface area (Å²) in [5, 5.41) is 17.3. The van der Waals surface area contributed by atoms with Gasteiger partial charge in [-0.1, -0.05) is 18.2 Å². The zero-order chi connectivity index (χ0) is 22.0. The summed E-state index contributed by atoms with van der Waals surface area (Å²) >= 11 is 0. The van der Waals surface area contributed by atoms with Gasteiger partial charge in [-0.2, -0.15) is 5.26 Å². The molecule has 0 saturated carbocycles. The molecule has 1 aliphatic heterocycles. The number of hydrogen-bond acceptors (Lipinski definition) is 7. The number of allylic oxidation sites excluding steroid dienone is 1. The molecule has 0 fully saturated rings. The highest BCUT2D eigenvalue weighted by Gasteiger charge is 2.37. The molecular formula is C23H22N4O4. The number of benzene rings is 2. The van der Waals surface area contributed by atoms with Crippen LogP contribution in [0, 0.1) is 11.3 Å². The fourth-order valence-electron chi connectivity index (χ4n) is 3.74. The van der Waals surface area contributed by atoms with E-state index in [1.807, 2.05) is 43.3 Å². The van der Waals surface area contributed by atoms with Gasteiger partial charge in [-0.25, -0.2) is 0 Å². The number of methoxy groups -OCH3 is 2. The largest absolute Gasteiger partial charge is 0.497 e. The number of aromatic amines is 1. The molecule has 0 saturated heterocycles. The summed E-state index contributed by atoms with van der Waals surface area (Å²) in [6.45, 7) is 2.48. The number of aromatic nitrogens is 2. The van der Waals surface area contributed by atoms with Crippen molar-refractivity contribution >= 4 is 0 Å². The minimum atomic E-state index is -0.542. The average Bonchev–Trinajstić information content (AvgIpc) is 3.21. The third-order valence-corrected chi connectivity index (χ3v) is 5.12. The third-order valence-electron chi connectivity index (χ3n) is 5.12. The highest BCUT2D eigenvalue weighted by Crippen LogP contribution is 2.48. The standard InChI is InChI=1S/C23H22N4O4/c1-4-30-15-7-5-6-13(10-15)21-20-19(16-9-8-14(28-2)11-18(16)29-3)17(12-24)22(25)31-23(20)27-26-21/h5-11,19H,4,25H2,1-3H3,(H,26,27). The minimum absolute atomic E-state index is 0.0130. The van der Waals surface area contributed by atoms with E-state index in [0.29, 0.717) is 35.2 Å². The van der Waals surface area contributed by atoms with Gasteiger partial charge in [0, 0.05) is 17.2 Å². The molecule has 4 rings (SSSR count). The van der Waals surface area contributed by atoms with E-state index in [1.165, 1.54) is 0 Å². The number of nitriles is 1. The van der Waals surface area contributed by atoms with Crippen LogP contribution in [0.1, 0.15) is 24.0 Å². The summed E-state index contributed by atoms with van der Waals surface area (Å²) in [5.74, 6) is 1.72. The molecule has 0 aliphatic carbocycles. The SMILES string of the molecule is CCOc1cccc(-c2[nH]nc3c2C(c2ccc(OC)cc2OC)C(C#N)=C(N)O3)c1. The van der Waals surface area contributed by atoms with Crippen LogP contribution in [0.2, 0.25) is 0 Å². The topological polar surface area (TPSA) is 115 Å². The Labute approximate surface area is 179 Å². The van der Waals surface area contributed by atoms with Crippen LogP contribution in [-0.4, -0.2) is 31.0 Å². The van der Waals surface area contributed by atoms with Crippen LogP contribution in [0.25, 0.3) is 11.3 Å². The molecule has 158 valence electrons. The molecule has 1 atom stereocenters. The number of fused-ring (bicyclic) bond motifs is 1. The van der Waals surface area contributed by atoms with E-state index < -0.39 is 5.92 Å². The molecular weight excluding hydrogens is 396 g/mol. The van der Waals surface area contributed by atoms with E-state index in [1.54, 1.807) is 20.3 Å². The van der Waals surface area contributed by atoms with E-state index in [0.717, 1.165) is 16.9 Å². The van der Waals surface area contributed by atoms with Gasteiger partial charge in [0.25, 0.3) is 0 Å². The van der Waals surface area contributed by atoms with Gasteiger partial charge in [0.15, 0.2) is 0 Å². The van der Waals surface area contributed by atoms with Gasteiger partial charge in [-0.15, -0.1) is 5.10 Å². The van der Waals surface area contributed by atoms with Crippen molar-refractivity contribution in [2.75, 3.05) is 20.8 Å². The summed E-state index contributed by atoms with van der Waals surface area (Å²) in [6, 6.07) is 15.3. The van der Waals surface area contributed by atoms with Gasteiger partial charge in [-0.05, 0) is 25.1 Å². The van der Waals surface area contributed by atoms with Crippen molar-refractivity contribution in [2.45, 2.75) is 12.8 Å². The van der Waals surface area contributed by atoms with E-state index in [-0.39, 0.29) is 11.5 Å². The summed E-state index contributed by atoms with van der Waals surface area (Å²) in [6.07, 6.45) is 0. The van der Waals surface area contributed by atoms with Gasteiger partial charge in [0.1, 0.15) is 28.9 Å². The fourth-order valence-corrected chi connectivity index (χ4v) is 3.74. The molecule has 2 heterocycles. The molecule has 8 heteroatoms. The lowest BCUT2D eigenvalue weighted by molar-refractivity contribution is 0.340. The normalized spacial score (nSPS) is 15.0. The zero-order valence-corrected chi connectivity index (χ0v) is 17.4. The second-order valence-corrected chi connectivity index (χ2v) is 6.81. The van der Waals surface area contributed by atoms with Crippen LogP contribution in [0.15, 0.2) is 53.9 Å². The fraction of sp³-hybridized carbons (Fsp3) is 0.217. The van der Waals surface area contributed by atoms with Crippen LogP contribution in [-0.2, 0) is 0 Å². The number of rotatable bonds is 6. The van der Waals surface area contributed by atoms with Crippen LogP contribution in [0.4, 0.5) is 0 Å². The van der Waals surface area contributed by atoms with Crippen molar-refractivity contribution in [1.29, 1.82) is 5.26 Å². The second-order valence-electron chi connectivity index (χ2n) is 6.81. The molecule has 0 spiro atoms. The molecule has 3 aromatic rings. The summed E-state index contributed by atoms with van der Waals surface area (Å²) < 4.78 is 22.3. The van der Waals surface area contributed by atoms with E-state index in [4.69, 9.17) is 24.7 Å². The average molecular weight is 418 g/mol. The van der Waals surface area contributed by atoms with Crippen molar-refractivity contribution in [1.82, 2.24) is 10.2 Å². The lowest BCUT2D eigenvalue weighted by Crippen LogP contribution is -2.21. The van der Waals surface area contributed by atoms with Crippen molar-refractivity contribution < 1.29 is 18.9 Å². The maximum Gasteiger partial charge on any atom is 0.244 e. The second kappa shape index (κ2) is 8.32. The Morgan fingerprint density at radius 1 is 1.16 bits per heavy atom. The van der Waals surface area contributed by atoms with Gasteiger partial charge in [-0.3, -0.25) is 5.10 Å². The first-order chi connectivity index (χ1) is 15.1. The molecule has 31 heavy (non-hydrogen) atoms. The van der Waals surface area contributed by atoms with Crippen LogP contribution in [0.5, 0.6) is 23.1 Å². The molecule has 8 nitrogen and oxygen atoms in total.